The number of fused-ring (bicyclic) bond motifs is 1. The van der Waals surface area contributed by atoms with Crippen molar-refractivity contribution in [3.63, 3.8) is 0 Å². The summed E-state index contributed by atoms with van der Waals surface area (Å²) >= 11 is 0. The van der Waals surface area contributed by atoms with Crippen molar-refractivity contribution in [3.05, 3.63) is 48.3 Å². The zero-order valence-electron chi connectivity index (χ0n) is 16.8. The Bertz CT molecular complexity index is 1200. The van der Waals surface area contributed by atoms with Gasteiger partial charge in [0.2, 0.25) is 11.9 Å². The minimum atomic E-state index is -0.0428. The summed E-state index contributed by atoms with van der Waals surface area (Å²) in [5, 5.41) is 10.2. The first-order valence-corrected chi connectivity index (χ1v) is 10.2. The molecule has 1 fully saturated rings. The molecule has 1 amide bonds. The van der Waals surface area contributed by atoms with Crippen LogP contribution in [0.15, 0.2) is 42.6 Å². The van der Waals surface area contributed by atoms with Crippen molar-refractivity contribution in [1.82, 2.24) is 30.0 Å². The first-order chi connectivity index (χ1) is 14.7. The Morgan fingerprint density at radius 2 is 2.03 bits per heavy atom. The van der Waals surface area contributed by atoms with Crippen LogP contribution < -0.4 is 5.32 Å². The first-order valence-electron chi connectivity index (χ1n) is 10.2. The molecular formula is C22H23N7O. The summed E-state index contributed by atoms with van der Waals surface area (Å²) in [6.07, 6.45) is 4.12. The molecule has 30 heavy (non-hydrogen) atoms. The maximum atomic E-state index is 12.3. The molecule has 8 nitrogen and oxygen atoms in total. The molecular weight excluding hydrogens is 378 g/mol. The van der Waals surface area contributed by atoms with Gasteiger partial charge in [0, 0.05) is 11.3 Å². The number of aromatic amines is 2. The number of benzene rings is 1. The molecule has 3 N–H and O–H groups in total. The molecule has 1 aliphatic heterocycles. The second kappa shape index (κ2) is 7.72. The highest BCUT2D eigenvalue weighted by molar-refractivity contribution is 5.93. The number of carbonyl (C=O) groups excluding carboxylic acids is 1. The topological polar surface area (TPSA) is 103 Å². The van der Waals surface area contributed by atoms with Crippen molar-refractivity contribution >= 4 is 22.9 Å². The van der Waals surface area contributed by atoms with Crippen molar-refractivity contribution in [2.24, 2.45) is 0 Å². The van der Waals surface area contributed by atoms with Gasteiger partial charge in [-0.2, -0.15) is 5.10 Å². The minimum absolute atomic E-state index is 0.0428. The average molecular weight is 401 g/mol. The van der Waals surface area contributed by atoms with Crippen LogP contribution in [0, 0.1) is 6.92 Å². The molecule has 0 bridgehead atoms. The van der Waals surface area contributed by atoms with Gasteiger partial charge in [-0.1, -0.05) is 12.1 Å². The normalized spacial score (nSPS) is 14.4. The molecule has 1 aromatic carbocycles. The highest BCUT2D eigenvalue weighted by atomic mass is 16.2. The Labute approximate surface area is 173 Å². The van der Waals surface area contributed by atoms with Gasteiger partial charge in [-0.3, -0.25) is 25.1 Å². The lowest BCUT2D eigenvalue weighted by molar-refractivity contribution is -0.117. The van der Waals surface area contributed by atoms with Crippen LogP contribution >= 0.6 is 0 Å². The van der Waals surface area contributed by atoms with E-state index in [1.807, 2.05) is 43.3 Å². The zero-order chi connectivity index (χ0) is 20.5. The van der Waals surface area contributed by atoms with Gasteiger partial charge < -0.3 is 4.98 Å². The van der Waals surface area contributed by atoms with Crippen molar-refractivity contribution < 1.29 is 4.79 Å². The lowest BCUT2D eigenvalue weighted by Crippen LogP contribution is -2.31. The number of aryl methyl sites for hydroxylation is 1. The van der Waals surface area contributed by atoms with Crippen LogP contribution in [0.25, 0.3) is 33.5 Å². The molecule has 0 radical (unpaired) electrons. The van der Waals surface area contributed by atoms with E-state index in [0.29, 0.717) is 12.5 Å². The summed E-state index contributed by atoms with van der Waals surface area (Å²) in [7, 11) is 0. The van der Waals surface area contributed by atoms with Gasteiger partial charge in [-0.05, 0) is 62.7 Å². The number of H-pyrrole nitrogens is 2. The Morgan fingerprint density at radius 1 is 1.17 bits per heavy atom. The summed E-state index contributed by atoms with van der Waals surface area (Å²) in [6.45, 7) is 4.35. The summed E-state index contributed by atoms with van der Waals surface area (Å²) in [5.41, 5.74) is 6.28. The van der Waals surface area contributed by atoms with E-state index < -0.39 is 0 Å². The molecule has 0 aliphatic carbocycles. The quantitative estimate of drug-likeness (QED) is 0.476. The fraction of sp³-hybridized carbons (Fsp3) is 0.273. The highest BCUT2D eigenvalue weighted by Crippen LogP contribution is 2.31. The van der Waals surface area contributed by atoms with Crippen molar-refractivity contribution in [2.75, 3.05) is 25.0 Å². The highest BCUT2D eigenvalue weighted by Gasteiger charge is 2.17. The molecule has 8 heteroatoms. The SMILES string of the molecule is Cc1cccc(-c2[nH]ncc2-c2ccc3nc(NC(=O)CN4CCCC4)[nH]c3c2)n1. The predicted octanol–water partition coefficient (Wildman–Crippen LogP) is 3.36. The number of rotatable bonds is 5. The Hall–Kier alpha value is -3.52. The number of anilines is 1. The van der Waals surface area contributed by atoms with E-state index in [9.17, 15) is 4.79 Å². The molecule has 0 saturated carbocycles. The van der Waals surface area contributed by atoms with E-state index in [2.05, 4.69) is 35.4 Å². The fourth-order valence-corrected chi connectivity index (χ4v) is 3.93. The second-order valence-corrected chi connectivity index (χ2v) is 7.67. The van der Waals surface area contributed by atoms with E-state index in [1.165, 1.54) is 0 Å². The molecule has 0 spiro atoms. The smallest absolute Gasteiger partial charge is 0.240 e. The Balaban J connectivity index is 1.40. The number of nitrogens with zero attached hydrogens (tertiary/aromatic N) is 4. The van der Waals surface area contributed by atoms with Gasteiger partial charge in [-0.25, -0.2) is 4.98 Å². The van der Waals surface area contributed by atoms with Crippen LogP contribution in [0.2, 0.25) is 0 Å². The van der Waals surface area contributed by atoms with Crippen LogP contribution in [-0.2, 0) is 4.79 Å². The first kappa shape index (κ1) is 18.5. The Kier molecular flexibility index (Phi) is 4.76. The van der Waals surface area contributed by atoms with Crippen LogP contribution in [0.4, 0.5) is 5.95 Å². The lowest BCUT2D eigenvalue weighted by Gasteiger charge is -2.12. The van der Waals surface area contributed by atoms with Crippen molar-refractivity contribution in [2.45, 2.75) is 19.8 Å². The van der Waals surface area contributed by atoms with Gasteiger partial charge in [0.1, 0.15) is 0 Å². The molecule has 5 rings (SSSR count). The third-order valence-electron chi connectivity index (χ3n) is 5.40. The average Bonchev–Trinajstić information content (AvgIpc) is 3.47. The van der Waals surface area contributed by atoms with E-state index in [4.69, 9.17) is 0 Å². The van der Waals surface area contributed by atoms with Crippen LogP contribution in [0.3, 0.4) is 0 Å². The molecule has 4 aromatic rings. The van der Waals surface area contributed by atoms with Gasteiger partial charge in [-0.15, -0.1) is 0 Å². The van der Waals surface area contributed by atoms with Crippen LogP contribution in [0.5, 0.6) is 0 Å². The van der Waals surface area contributed by atoms with Gasteiger partial charge in [0.05, 0.1) is 35.2 Å². The summed E-state index contributed by atoms with van der Waals surface area (Å²) in [6, 6.07) is 11.9. The zero-order valence-corrected chi connectivity index (χ0v) is 16.8. The number of pyridine rings is 1. The maximum absolute atomic E-state index is 12.3. The van der Waals surface area contributed by atoms with Crippen LogP contribution in [0.1, 0.15) is 18.5 Å². The number of nitrogens with one attached hydrogen (secondary N) is 3. The summed E-state index contributed by atoms with van der Waals surface area (Å²) in [4.78, 5) is 26.8. The number of likely N-dealkylation sites (tertiary alicyclic amines) is 1. The molecule has 1 saturated heterocycles. The molecule has 4 heterocycles. The lowest BCUT2D eigenvalue weighted by atomic mass is 10.0. The van der Waals surface area contributed by atoms with Gasteiger partial charge >= 0.3 is 0 Å². The van der Waals surface area contributed by atoms with Gasteiger partial charge in [0.15, 0.2) is 0 Å². The van der Waals surface area contributed by atoms with E-state index in [1.54, 1.807) is 6.20 Å². The minimum Gasteiger partial charge on any atom is -0.324 e. The second-order valence-electron chi connectivity index (χ2n) is 7.67. The number of amides is 1. The molecule has 3 aromatic heterocycles. The molecule has 0 atom stereocenters. The maximum Gasteiger partial charge on any atom is 0.240 e. The standard InChI is InChI=1S/C22H23N7O/c1-14-5-4-6-18(24-14)21-16(12-23-28-21)15-7-8-17-19(11-15)26-22(25-17)27-20(30)13-29-9-2-3-10-29/h4-8,11-12H,2-3,9-10,13H2,1H3,(H,23,28)(H2,25,26,27,30). The number of hydrogen-bond acceptors (Lipinski definition) is 5. The third-order valence-corrected chi connectivity index (χ3v) is 5.40. The monoisotopic (exact) mass is 401 g/mol. The number of carbonyl (C=O) groups is 1. The molecule has 0 unspecified atom stereocenters. The van der Waals surface area contributed by atoms with Crippen molar-refractivity contribution in [3.8, 4) is 22.5 Å². The number of imidazole rings is 1. The van der Waals surface area contributed by atoms with Gasteiger partial charge in [0.25, 0.3) is 0 Å². The number of aromatic nitrogens is 5. The van der Waals surface area contributed by atoms with Crippen LogP contribution in [-0.4, -0.2) is 55.6 Å². The van der Waals surface area contributed by atoms with E-state index in [-0.39, 0.29) is 5.91 Å². The van der Waals surface area contributed by atoms with E-state index >= 15 is 0 Å². The fourth-order valence-electron chi connectivity index (χ4n) is 3.93. The van der Waals surface area contributed by atoms with E-state index in [0.717, 1.165) is 65.2 Å². The van der Waals surface area contributed by atoms with Crippen molar-refractivity contribution in [1.29, 1.82) is 0 Å². The Morgan fingerprint density at radius 3 is 2.87 bits per heavy atom. The largest absolute Gasteiger partial charge is 0.324 e. The molecule has 152 valence electrons. The third kappa shape index (κ3) is 3.69. The summed E-state index contributed by atoms with van der Waals surface area (Å²) < 4.78 is 0. The molecule has 1 aliphatic rings. The predicted molar refractivity (Wildman–Crippen MR) is 116 cm³/mol. The summed E-state index contributed by atoms with van der Waals surface area (Å²) in [5.74, 6) is 0.429. The number of hydrogen-bond donors (Lipinski definition) is 3.